The van der Waals surface area contributed by atoms with Gasteiger partial charge in [-0.25, -0.2) is 8.78 Å². The first-order valence-electron chi connectivity index (χ1n) is 6.70. The Labute approximate surface area is 121 Å². The zero-order chi connectivity index (χ0) is 15.2. The summed E-state index contributed by atoms with van der Waals surface area (Å²) in [5.74, 6) is -1.32. The molecule has 2 aromatic rings. The van der Waals surface area contributed by atoms with Crippen LogP contribution in [0.3, 0.4) is 0 Å². The summed E-state index contributed by atoms with van der Waals surface area (Å²) in [5, 5.41) is 6.67. The van der Waals surface area contributed by atoms with Crippen molar-refractivity contribution in [3.63, 3.8) is 0 Å². The van der Waals surface area contributed by atoms with Gasteiger partial charge in [-0.05, 0) is 30.7 Å². The minimum Gasteiger partial charge on any atom is -0.479 e. The van der Waals surface area contributed by atoms with Crippen LogP contribution in [0.4, 0.5) is 8.78 Å². The second kappa shape index (κ2) is 7.12. The van der Waals surface area contributed by atoms with Gasteiger partial charge in [0.05, 0.1) is 0 Å². The third-order valence-corrected chi connectivity index (χ3v) is 2.73. The van der Waals surface area contributed by atoms with E-state index in [4.69, 9.17) is 9.26 Å². The molecule has 0 atom stereocenters. The molecule has 2 rings (SSSR count). The number of aryl methyl sites for hydroxylation is 1. The van der Waals surface area contributed by atoms with Crippen LogP contribution in [0.1, 0.15) is 30.6 Å². The minimum atomic E-state index is -0.747. The maximum absolute atomic E-state index is 13.9. The van der Waals surface area contributed by atoms with E-state index in [0.29, 0.717) is 18.0 Å². The van der Waals surface area contributed by atoms with Gasteiger partial charge in [0, 0.05) is 13.5 Å². The predicted octanol–water partition coefficient (Wildman–Crippen LogP) is 2.73. The van der Waals surface area contributed by atoms with Crippen LogP contribution < -0.4 is 10.1 Å². The van der Waals surface area contributed by atoms with Gasteiger partial charge in [0.25, 0.3) is 0 Å². The van der Waals surface area contributed by atoms with E-state index in [9.17, 15) is 8.78 Å². The Morgan fingerprint density at radius 2 is 2.00 bits per heavy atom. The minimum absolute atomic E-state index is 0.154. The molecule has 1 aromatic heterocycles. The largest absolute Gasteiger partial charge is 0.479 e. The van der Waals surface area contributed by atoms with Gasteiger partial charge in [-0.3, -0.25) is 0 Å². The van der Waals surface area contributed by atoms with E-state index in [1.165, 1.54) is 12.1 Å². The fourth-order valence-corrected chi connectivity index (χ4v) is 1.80. The summed E-state index contributed by atoms with van der Waals surface area (Å²) in [5.41, 5.74) is 0.529. The van der Waals surface area contributed by atoms with Crippen LogP contribution in [0.2, 0.25) is 0 Å². The molecule has 7 heteroatoms. The number of halogens is 2. The van der Waals surface area contributed by atoms with Crippen molar-refractivity contribution >= 4 is 0 Å². The SMILES string of the molecule is CCCNCc1cc(F)c(OCc2noc(C)n2)c(F)c1. The molecule has 0 fully saturated rings. The van der Waals surface area contributed by atoms with Crippen molar-refractivity contribution in [3.8, 4) is 5.75 Å². The van der Waals surface area contributed by atoms with Crippen LogP contribution in [0.15, 0.2) is 16.7 Å². The zero-order valence-corrected chi connectivity index (χ0v) is 11.9. The predicted molar refractivity (Wildman–Crippen MR) is 71.7 cm³/mol. The highest BCUT2D eigenvalue weighted by Crippen LogP contribution is 2.24. The molecule has 1 N–H and O–H groups in total. The molecule has 0 spiro atoms. The van der Waals surface area contributed by atoms with Crippen molar-refractivity contribution in [3.05, 3.63) is 41.0 Å². The van der Waals surface area contributed by atoms with Gasteiger partial charge >= 0.3 is 0 Å². The Balaban J connectivity index is 2.02. The van der Waals surface area contributed by atoms with E-state index in [0.717, 1.165) is 13.0 Å². The van der Waals surface area contributed by atoms with E-state index >= 15 is 0 Å². The van der Waals surface area contributed by atoms with Gasteiger partial charge in [-0.15, -0.1) is 0 Å². The number of nitrogens with one attached hydrogen (secondary N) is 1. The molecule has 1 heterocycles. The zero-order valence-electron chi connectivity index (χ0n) is 11.9. The van der Waals surface area contributed by atoms with Crippen LogP contribution in [-0.2, 0) is 13.2 Å². The van der Waals surface area contributed by atoms with Crippen molar-refractivity contribution < 1.29 is 18.0 Å². The average Bonchev–Trinajstić information content (AvgIpc) is 2.84. The van der Waals surface area contributed by atoms with Crippen molar-refractivity contribution in [2.75, 3.05) is 6.54 Å². The average molecular weight is 297 g/mol. The highest BCUT2D eigenvalue weighted by molar-refractivity contribution is 5.31. The number of benzene rings is 1. The molecular formula is C14H17F2N3O2. The fraction of sp³-hybridized carbons (Fsp3) is 0.429. The molecule has 0 aliphatic rings. The standard InChI is InChI=1S/C14H17F2N3O2/c1-3-4-17-7-10-5-11(15)14(12(16)6-10)20-8-13-18-9(2)21-19-13/h5-6,17H,3-4,7-8H2,1-2H3. The van der Waals surface area contributed by atoms with Gasteiger partial charge in [0.15, 0.2) is 24.0 Å². The summed E-state index contributed by atoms with van der Waals surface area (Å²) in [7, 11) is 0. The second-order valence-electron chi connectivity index (χ2n) is 4.58. The molecule has 5 nitrogen and oxygen atoms in total. The quantitative estimate of drug-likeness (QED) is 0.796. The topological polar surface area (TPSA) is 60.2 Å². The normalized spacial score (nSPS) is 10.9. The van der Waals surface area contributed by atoms with E-state index in [1.807, 2.05) is 6.92 Å². The molecular weight excluding hydrogens is 280 g/mol. The molecule has 0 unspecified atom stereocenters. The van der Waals surface area contributed by atoms with E-state index in [1.54, 1.807) is 6.92 Å². The van der Waals surface area contributed by atoms with Crippen molar-refractivity contribution in [1.82, 2.24) is 15.5 Å². The Morgan fingerprint density at radius 3 is 2.57 bits per heavy atom. The number of nitrogens with zero attached hydrogens (tertiary/aromatic N) is 2. The van der Waals surface area contributed by atoms with Crippen LogP contribution in [0.5, 0.6) is 5.75 Å². The number of aromatic nitrogens is 2. The number of ether oxygens (including phenoxy) is 1. The van der Waals surface area contributed by atoms with Crippen molar-refractivity contribution in [2.45, 2.75) is 33.4 Å². The lowest BCUT2D eigenvalue weighted by molar-refractivity contribution is 0.259. The number of hydrogen-bond acceptors (Lipinski definition) is 5. The molecule has 0 saturated heterocycles. The summed E-state index contributed by atoms with van der Waals surface area (Å²) >= 11 is 0. The lowest BCUT2D eigenvalue weighted by atomic mass is 10.2. The van der Waals surface area contributed by atoms with E-state index in [-0.39, 0.29) is 12.4 Å². The van der Waals surface area contributed by atoms with Crippen molar-refractivity contribution in [2.24, 2.45) is 0 Å². The van der Waals surface area contributed by atoms with E-state index < -0.39 is 17.4 Å². The van der Waals surface area contributed by atoms with Gasteiger partial charge in [0.2, 0.25) is 11.7 Å². The molecule has 1 aromatic carbocycles. The Hall–Kier alpha value is -2.02. The summed E-state index contributed by atoms with van der Waals surface area (Å²) in [6.45, 7) is 4.68. The third-order valence-electron chi connectivity index (χ3n) is 2.73. The molecule has 0 aliphatic heterocycles. The first-order chi connectivity index (χ1) is 10.1. The molecule has 114 valence electrons. The Morgan fingerprint density at radius 1 is 1.29 bits per heavy atom. The second-order valence-corrected chi connectivity index (χ2v) is 4.58. The van der Waals surface area contributed by atoms with Gasteiger partial charge < -0.3 is 14.6 Å². The maximum atomic E-state index is 13.9. The monoisotopic (exact) mass is 297 g/mol. The maximum Gasteiger partial charge on any atom is 0.223 e. The van der Waals surface area contributed by atoms with E-state index in [2.05, 4.69) is 15.5 Å². The first-order valence-corrected chi connectivity index (χ1v) is 6.70. The van der Waals surface area contributed by atoms with Gasteiger partial charge in [-0.1, -0.05) is 12.1 Å². The highest BCUT2D eigenvalue weighted by atomic mass is 19.1. The fourth-order valence-electron chi connectivity index (χ4n) is 1.80. The molecule has 0 saturated carbocycles. The molecule has 0 radical (unpaired) electrons. The molecule has 0 amide bonds. The van der Waals surface area contributed by atoms with Crippen LogP contribution in [-0.4, -0.2) is 16.7 Å². The summed E-state index contributed by atoms with van der Waals surface area (Å²) in [4.78, 5) is 3.89. The van der Waals surface area contributed by atoms with Crippen LogP contribution in [0.25, 0.3) is 0 Å². The molecule has 0 bridgehead atoms. The lowest BCUT2D eigenvalue weighted by Gasteiger charge is -2.09. The van der Waals surface area contributed by atoms with Gasteiger partial charge in [0.1, 0.15) is 0 Å². The molecule has 21 heavy (non-hydrogen) atoms. The number of rotatable bonds is 7. The smallest absolute Gasteiger partial charge is 0.223 e. The summed E-state index contributed by atoms with van der Waals surface area (Å²) < 4.78 is 37.6. The first kappa shape index (κ1) is 15.4. The highest BCUT2D eigenvalue weighted by Gasteiger charge is 2.14. The Bertz CT molecular complexity index is 579. The molecule has 0 aliphatic carbocycles. The lowest BCUT2D eigenvalue weighted by Crippen LogP contribution is -2.14. The van der Waals surface area contributed by atoms with Crippen LogP contribution in [0, 0.1) is 18.6 Å². The number of hydrogen-bond donors (Lipinski definition) is 1. The third kappa shape index (κ3) is 4.22. The Kier molecular flexibility index (Phi) is 5.21. The summed E-state index contributed by atoms with van der Waals surface area (Å²) in [6.07, 6.45) is 0.955. The van der Waals surface area contributed by atoms with Gasteiger partial charge in [-0.2, -0.15) is 4.98 Å². The summed E-state index contributed by atoms with van der Waals surface area (Å²) in [6, 6.07) is 2.51. The van der Waals surface area contributed by atoms with Crippen molar-refractivity contribution in [1.29, 1.82) is 0 Å². The van der Waals surface area contributed by atoms with Crippen LogP contribution >= 0.6 is 0 Å².